The molecule has 3 heterocycles. The molecule has 6 heteroatoms. The highest BCUT2D eigenvalue weighted by Gasteiger charge is 2.11. The van der Waals surface area contributed by atoms with Crippen LogP contribution >= 0.6 is 0 Å². The molecule has 0 aliphatic carbocycles. The van der Waals surface area contributed by atoms with E-state index in [1.807, 2.05) is 31.3 Å². The fourth-order valence-electron chi connectivity index (χ4n) is 3.61. The van der Waals surface area contributed by atoms with Crippen molar-refractivity contribution in [3.05, 3.63) is 76.6 Å². The molecule has 0 unspecified atom stereocenters. The Hall–Kier alpha value is -3.38. The number of aromatic nitrogens is 2. The lowest BCUT2D eigenvalue weighted by Crippen LogP contribution is -2.45. The van der Waals surface area contributed by atoms with Gasteiger partial charge >= 0.3 is 0 Å². The molecule has 0 bridgehead atoms. The average Bonchev–Trinajstić information content (AvgIpc) is 3.15. The van der Waals surface area contributed by atoms with E-state index in [9.17, 15) is 0 Å². The van der Waals surface area contributed by atoms with Gasteiger partial charge in [0.15, 0.2) is 0 Å². The fourth-order valence-corrected chi connectivity index (χ4v) is 3.61. The molecule has 0 atom stereocenters. The molecule has 0 radical (unpaired) electrons. The average molecular weight is 401 g/mol. The quantitative estimate of drug-likeness (QED) is 0.531. The predicted octanol–water partition coefficient (Wildman–Crippen LogP) is 2.02. The molecule has 154 valence electrons. The van der Waals surface area contributed by atoms with Gasteiger partial charge in [0.25, 0.3) is 0 Å². The van der Waals surface area contributed by atoms with Crippen molar-refractivity contribution in [2.45, 2.75) is 26.3 Å². The summed E-state index contributed by atoms with van der Waals surface area (Å²) in [6, 6.07) is 12.3. The first-order valence-corrected chi connectivity index (χ1v) is 10.3. The van der Waals surface area contributed by atoms with Crippen LogP contribution in [0.25, 0.3) is 23.3 Å². The van der Waals surface area contributed by atoms with Crippen LogP contribution in [-0.4, -0.2) is 29.0 Å². The Labute approximate surface area is 176 Å². The maximum absolute atomic E-state index is 4.92. The lowest BCUT2D eigenvalue weighted by molar-refractivity contribution is 0.617. The molecule has 0 spiro atoms. The van der Waals surface area contributed by atoms with Crippen LogP contribution < -0.4 is 26.5 Å². The fraction of sp³-hybridized carbons (Fsp3) is 0.250. The lowest BCUT2D eigenvalue weighted by Gasteiger charge is -2.20. The zero-order chi connectivity index (χ0) is 20.9. The van der Waals surface area contributed by atoms with Crippen LogP contribution in [0.15, 0.2) is 59.7 Å². The number of para-hydroxylation sites is 1. The first-order valence-electron chi connectivity index (χ1n) is 10.3. The molecule has 1 saturated heterocycles. The molecule has 1 aliphatic rings. The van der Waals surface area contributed by atoms with Gasteiger partial charge in [-0.15, -0.1) is 0 Å². The van der Waals surface area contributed by atoms with Crippen molar-refractivity contribution >= 4 is 29.1 Å². The van der Waals surface area contributed by atoms with Crippen molar-refractivity contribution in [2.75, 3.05) is 13.2 Å². The second-order valence-corrected chi connectivity index (χ2v) is 7.53. The van der Waals surface area contributed by atoms with E-state index in [4.69, 9.17) is 4.99 Å². The van der Waals surface area contributed by atoms with Gasteiger partial charge in [-0.2, -0.15) is 0 Å². The Morgan fingerprint density at radius 1 is 1.13 bits per heavy atom. The van der Waals surface area contributed by atoms with Crippen LogP contribution in [0.5, 0.6) is 0 Å². The van der Waals surface area contributed by atoms with E-state index < -0.39 is 0 Å². The molecule has 4 N–H and O–H groups in total. The van der Waals surface area contributed by atoms with E-state index in [-0.39, 0.29) is 0 Å². The van der Waals surface area contributed by atoms with Gasteiger partial charge < -0.3 is 20.9 Å². The van der Waals surface area contributed by atoms with Crippen LogP contribution in [0.4, 0.5) is 0 Å². The predicted molar refractivity (Wildman–Crippen MR) is 124 cm³/mol. The monoisotopic (exact) mass is 400 g/mol. The molecule has 6 nitrogen and oxygen atoms in total. The zero-order valence-electron chi connectivity index (χ0n) is 17.4. The number of aliphatic imine (C=N–C) groups is 1. The van der Waals surface area contributed by atoms with Gasteiger partial charge in [0.1, 0.15) is 11.7 Å². The van der Waals surface area contributed by atoms with Gasteiger partial charge in [-0.05, 0) is 55.6 Å². The topological polar surface area (TPSA) is 77.1 Å². The summed E-state index contributed by atoms with van der Waals surface area (Å²) in [4.78, 5) is 12.7. The maximum atomic E-state index is 4.92. The van der Waals surface area contributed by atoms with Crippen LogP contribution in [0.1, 0.15) is 24.1 Å². The number of rotatable bonds is 2. The number of nitrogens with zero attached hydrogens (tertiary/aromatic N) is 2. The molecule has 1 aromatic carbocycles. The highest BCUT2D eigenvalue weighted by molar-refractivity contribution is 6.01. The van der Waals surface area contributed by atoms with E-state index in [0.29, 0.717) is 13.2 Å². The highest BCUT2D eigenvalue weighted by Crippen LogP contribution is 2.19. The highest BCUT2D eigenvalue weighted by atomic mass is 15.2. The summed E-state index contributed by atoms with van der Waals surface area (Å²) >= 11 is 0. The second-order valence-electron chi connectivity index (χ2n) is 7.53. The number of hydrogen-bond acceptors (Lipinski definition) is 4. The summed E-state index contributed by atoms with van der Waals surface area (Å²) in [6.07, 6.45) is 3.92. The third-order valence-electron chi connectivity index (χ3n) is 5.27. The summed E-state index contributed by atoms with van der Waals surface area (Å²) in [6.45, 7) is 12.5. The minimum absolute atomic E-state index is 0.570. The summed E-state index contributed by atoms with van der Waals surface area (Å²) in [5, 5.41) is 13.2. The molecule has 3 aromatic rings. The zero-order valence-corrected chi connectivity index (χ0v) is 17.4. The number of hydrogen-bond donors (Lipinski definition) is 4. The van der Waals surface area contributed by atoms with Gasteiger partial charge in [0, 0.05) is 28.0 Å². The Morgan fingerprint density at radius 3 is 2.87 bits per heavy atom. The molecule has 0 saturated carbocycles. The molecular formula is C24H28N6. The lowest BCUT2D eigenvalue weighted by atomic mass is 10.1. The van der Waals surface area contributed by atoms with Gasteiger partial charge in [-0.1, -0.05) is 31.4 Å². The molecule has 2 aromatic heterocycles. The van der Waals surface area contributed by atoms with Crippen molar-refractivity contribution in [3.63, 3.8) is 0 Å². The number of pyridine rings is 1. The van der Waals surface area contributed by atoms with Crippen LogP contribution in [-0.2, 0) is 6.54 Å². The summed E-state index contributed by atoms with van der Waals surface area (Å²) in [7, 11) is 0. The molecule has 30 heavy (non-hydrogen) atoms. The van der Waals surface area contributed by atoms with Crippen molar-refractivity contribution < 1.29 is 0 Å². The van der Waals surface area contributed by atoms with Gasteiger partial charge in [-0.3, -0.25) is 9.98 Å². The summed E-state index contributed by atoms with van der Waals surface area (Å²) < 4.78 is 0. The second kappa shape index (κ2) is 8.97. The number of aromatic amines is 1. The number of nitrogens with one attached hydrogen (secondary N) is 4. The summed E-state index contributed by atoms with van der Waals surface area (Å²) in [5.41, 5.74) is 4.22. The molecular weight excluding hydrogens is 372 g/mol. The Balaban J connectivity index is 1.71. The first kappa shape index (κ1) is 19.9. The number of fused-ring (bicyclic) bond motifs is 1. The van der Waals surface area contributed by atoms with E-state index in [1.54, 1.807) is 0 Å². The Morgan fingerprint density at radius 2 is 2.00 bits per heavy atom. The smallest absolute Gasteiger partial charge is 0.129 e. The third-order valence-corrected chi connectivity index (χ3v) is 5.27. The van der Waals surface area contributed by atoms with Gasteiger partial charge in [0.2, 0.25) is 0 Å². The van der Waals surface area contributed by atoms with E-state index in [1.165, 1.54) is 5.39 Å². The van der Waals surface area contributed by atoms with Crippen LogP contribution in [0, 0.1) is 6.92 Å². The molecule has 4 rings (SSSR count). The van der Waals surface area contributed by atoms with Crippen molar-refractivity contribution in [3.8, 4) is 0 Å². The number of amidine groups is 1. The number of benzene rings is 1. The van der Waals surface area contributed by atoms with Crippen LogP contribution in [0.2, 0.25) is 0 Å². The summed E-state index contributed by atoms with van der Waals surface area (Å²) in [5.74, 6) is 1.63. The van der Waals surface area contributed by atoms with Gasteiger partial charge in [-0.25, -0.2) is 0 Å². The van der Waals surface area contributed by atoms with Crippen molar-refractivity contribution in [1.29, 1.82) is 0 Å². The maximum Gasteiger partial charge on any atom is 0.129 e. The first-order chi connectivity index (χ1) is 14.6. The standard InChI is InChI=1S/C24H28N6/c1-16-7-6-12-25-15-28-24(20-11-10-17(2)29-18(20)3)30-23(16)27-14-19-13-26-22-9-5-4-8-21(19)22/h4-5,8-11,13,25-26,28H,1,3,6-7,12,14-15H2,2H3,(H,27,30). The minimum atomic E-state index is 0.570. The molecule has 0 amide bonds. The molecule has 1 fully saturated rings. The normalized spacial score (nSPS) is 18.8. The third kappa shape index (κ3) is 4.44. The van der Waals surface area contributed by atoms with E-state index in [0.717, 1.165) is 64.0 Å². The van der Waals surface area contributed by atoms with E-state index >= 15 is 0 Å². The Kier molecular flexibility index (Phi) is 5.95. The number of aryl methyl sites for hydroxylation is 1. The van der Waals surface area contributed by atoms with Gasteiger partial charge in [0.05, 0.1) is 18.6 Å². The Bertz CT molecular complexity index is 1200. The number of H-pyrrole nitrogens is 1. The van der Waals surface area contributed by atoms with Crippen molar-refractivity contribution in [2.24, 2.45) is 4.99 Å². The SMILES string of the molecule is C=C1CCCNCNC(=c2ccc(C)nc2=C)NC1=NCc1c[nH]c2ccccc12. The van der Waals surface area contributed by atoms with Crippen LogP contribution in [0.3, 0.4) is 0 Å². The molecule has 1 aliphatic heterocycles. The minimum Gasteiger partial charge on any atom is -0.361 e. The largest absolute Gasteiger partial charge is 0.361 e. The van der Waals surface area contributed by atoms with E-state index in [2.05, 4.69) is 57.3 Å². The van der Waals surface area contributed by atoms with Crippen molar-refractivity contribution in [1.82, 2.24) is 25.9 Å².